The molecule has 0 aliphatic rings. The summed E-state index contributed by atoms with van der Waals surface area (Å²) in [5.74, 6) is -0.724. The Hall–Kier alpha value is -1.56. The van der Waals surface area contributed by atoms with Gasteiger partial charge < -0.3 is 9.15 Å². The molecule has 6 heteroatoms. The molecule has 0 saturated heterocycles. The highest BCUT2D eigenvalue weighted by atomic mass is 79.9. The molecule has 0 spiro atoms. The number of rotatable bonds is 4. The van der Waals surface area contributed by atoms with Gasteiger partial charge in [-0.2, -0.15) is 0 Å². The van der Waals surface area contributed by atoms with E-state index in [1.807, 2.05) is 6.07 Å². The van der Waals surface area contributed by atoms with E-state index in [4.69, 9.17) is 4.42 Å². The summed E-state index contributed by atoms with van der Waals surface area (Å²) in [6.07, 6.45) is 0.950. The molecule has 18 heavy (non-hydrogen) atoms. The molecule has 0 aliphatic heterocycles. The smallest absolute Gasteiger partial charge is 0.417 e. The zero-order valence-corrected chi connectivity index (χ0v) is 11.3. The van der Waals surface area contributed by atoms with Crippen LogP contribution >= 0.6 is 15.9 Å². The van der Waals surface area contributed by atoms with Crippen LogP contribution in [-0.4, -0.2) is 22.9 Å². The van der Waals surface area contributed by atoms with E-state index >= 15 is 0 Å². The van der Waals surface area contributed by atoms with Crippen LogP contribution in [0.2, 0.25) is 0 Å². The standard InChI is InChI=1S/C12H12BrNO4/c1-17-11(15)6-8(13)4-7-2-3-9-10(5-7)18-12(16)14-9/h2-3,5,8H,4,6H2,1H3,(H,14,16). The van der Waals surface area contributed by atoms with Gasteiger partial charge in [-0.3, -0.25) is 9.78 Å². The number of H-pyrrole nitrogens is 1. The zero-order valence-electron chi connectivity index (χ0n) is 9.73. The number of hydrogen-bond donors (Lipinski definition) is 1. The Morgan fingerprint density at radius 3 is 3.06 bits per heavy atom. The summed E-state index contributed by atoms with van der Waals surface area (Å²) in [7, 11) is 1.36. The lowest BCUT2D eigenvalue weighted by atomic mass is 10.1. The van der Waals surface area contributed by atoms with E-state index in [-0.39, 0.29) is 10.8 Å². The first-order valence-electron chi connectivity index (χ1n) is 5.41. The Labute approximate surface area is 111 Å². The Kier molecular flexibility index (Phi) is 3.86. The second-order valence-corrected chi connectivity index (χ2v) is 5.22. The SMILES string of the molecule is COC(=O)CC(Br)Cc1ccc2[nH]c(=O)oc2c1. The number of fused-ring (bicyclic) bond motifs is 1. The van der Waals surface area contributed by atoms with E-state index < -0.39 is 5.76 Å². The number of aromatic nitrogens is 1. The van der Waals surface area contributed by atoms with Gasteiger partial charge in [-0.1, -0.05) is 22.0 Å². The van der Waals surface area contributed by atoms with Crippen LogP contribution < -0.4 is 5.76 Å². The van der Waals surface area contributed by atoms with Crippen LogP contribution in [0.4, 0.5) is 0 Å². The van der Waals surface area contributed by atoms with Gasteiger partial charge in [-0.15, -0.1) is 0 Å². The number of esters is 1. The Bertz CT molecular complexity index is 616. The minimum Gasteiger partial charge on any atom is -0.469 e. The first kappa shape index (κ1) is 12.9. The predicted octanol–water partition coefficient (Wildman–Crippen LogP) is 1.99. The summed E-state index contributed by atoms with van der Waals surface area (Å²) in [6, 6.07) is 5.46. The van der Waals surface area contributed by atoms with Crippen molar-refractivity contribution in [2.75, 3.05) is 7.11 Å². The average Bonchev–Trinajstić information content (AvgIpc) is 2.68. The van der Waals surface area contributed by atoms with Crippen LogP contribution in [-0.2, 0) is 16.0 Å². The van der Waals surface area contributed by atoms with Crippen molar-refractivity contribution in [2.45, 2.75) is 17.7 Å². The third-order valence-corrected chi connectivity index (χ3v) is 3.21. The fourth-order valence-corrected chi connectivity index (χ4v) is 2.35. The van der Waals surface area contributed by atoms with Gasteiger partial charge in [0.25, 0.3) is 0 Å². The normalized spacial score (nSPS) is 12.6. The summed E-state index contributed by atoms with van der Waals surface area (Å²) < 4.78 is 9.57. The molecular formula is C12H12BrNO4. The fourth-order valence-electron chi connectivity index (χ4n) is 1.71. The quantitative estimate of drug-likeness (QED) is 0.692. The molecule has 1 heterocycles. The van der Waals surface area contributed by atoms with Crippen LogP contribution in [0.1, 0.15) is 12.0 Å². The van der Waals surface area contributed by atoms with E-state index in [0.717, 1.165) is 5.56 Å². The van der Waals surface area contributed by atoms with Crippen molar-refractivity contribution in [3.63, 3.8) is 0 Å². The maximum absolute atomic E-state index is 11.1. The van der Waals surface area contributed by atoms with E-state index in [9.17, 15) is 9.59 Å². The molecule has 2 aromatic rings. The summed E-state index contributed by atoms with van der Waals surface area (Å²) in [5, 5.41) is 0. The van der Waals surface area contributed by atoms with Gasteiger partial charge in [0.15, 0.2) is 5.58 Å². The molecule has 2 rings (SSSR count). The predicted molar refractivity (Wildman–Crippen MR) is 69.9 cm³/mol. The molecule has 5 nitrogen and oxygen atoms in total. The van der Waals surface area contributed by atoms with Crippen molar-refractivity contribution in [3.05, 3.63) is 34.3 Å². The van der Waals surface area contributed by atoms with Crippen LogP contribution in [0.25, 0.3) is 11.1 Å². The zero-order chi connectivity index (χ0) is 13.1. The van der Waals surface area contributed by atoms with Crippen molar-refractivity contribution in [1.82, 2.24) is 4.98 Å². The van der Waals surface area contributed by atoms with E-state index in [0.29, 0.717) is 23.9 Å². The average molecular weight is 314 g/mol. The van der Waals surface area contributed by atoms with E-state index in [2.05, 4.69) is 25.7 Å². The van der Waals surface area contributed by atoms with E-state index in [1.165, 1.54) is 7.11 Å². The van der Waals surface area contributed by atoms with Gasteiger partial charge >= 0.3 is 11.7 Å². The van der Waals surface area contributed by atoms with Crippen molar-refractivity contribution in [2.24, 2.45) is 0 Å². The highest BCUT2D eigenvalue weighted by Crippen LogP contribution is 2.18. The number of methoxy groups -OCH3 is 1. The molecule has 0 radical (unpaired) electrons. The molecule has 0 aliphatic carbocycles. The lowest BCUT2D eigenvalue weighted by molar-refractivity contribution is -0.140. The molecule has 0 amide bonds. The van der Waals surface area contributed by atoms with E-state index in [1.54, 1.807) is 12.1 Å². The largest absolute Gasteiger partial charge is 0.469 e. The lowest BCUT2D eigenvalue weighted by Crippen LogP contribution is -2.11. The molecule has 1 aromatic heterocycles. The minimum atomic E-state index is -0.466. The molecule has 1 unspecified atom stereocenters. The molecular weight excluding hydrogens is 302 g/mol. The van der Waals surface area contributed by atoms with Crippen molar-refractivity contribution in [1.29, 1.82) is 0 Å². The number of alkyl halides is 1. The van der Waals surface area contributed by atoms with Crippen LogP contribution in [0.15, 0.2) is 27.4 Å². The number of halogens is 1. The number of carbonyl (C=O) groups excluding carboxylic acids is 1. The van der Waals surface area contributed by atoms with Gasteiger partial charge in [0, 0.05) is 4.83 Å². The maximum atomic E-state index is 11.1. The van der Waals surface area contributed by atoms with Gasteiger partial charge in [-0.05, 0) is 24.1 Å². The van der Waals surface area contributed by atoms with Crippen LogP contribution in [0.5, 0.6) is 0 Å². The molecule has 1 atom stereocenters. The van der Waals surface area contributed by atoms with Gasteiger partial charge in [0.1, 0.15) is 0 Å². The highest BCUT2D eigenvalue weighted by molar-refractivity contribution is 9.09. The first-order valence-corrected chi connectivity index (χ1v) is 6.32. The number of benzene rings is 1. The third kappa shape index (κ3) is 3.01. The third-order valence-electron chi connectivity index (χ3n) is 2.56. The van der Waals surface area contributed by atoms with Gasteiger partial charge in [0.05, 0.1) is 19.0 Å². The maximum Gasteiger partial charge on any atom is 0.417 e. The Balaban J connectivity index is 2.11. The number of nitrogens with one attached hydrogen (secondary N) is 1. The number of carbonyl (C=O) groups is 1. The fraction of sp³-hybridized carbons (Fsp3) is 0.333. The molecule has 1 aromatic carbocycles. The summed E-state index contributed by atoms with van der Waals surface area (Å²) in [6.45, 7) is 0. The second-order valence-electron chi connectivity index (χ2n) is 3.93. The van der Waals surface area contributed by atoms with Crippen molar-refractivity contribution >= 4 is 33.0 Å². The number of oxazole rings is 1. The molecule has 0 saturated carbocycles. The van der Waals surface area contributed by atoms with Gasteiger partial charge in [0.2, 0.25) is 0 Å². The number of aromatic amines is 1. The molecule has 1 N–H and O–H groups in total. The number of ether oxygens (including phenoxy) is 1. The molecule has 0 bridgehead atoms. The lowest BCUT2D eigenvalue weighted by Gasteiger charge is -2.08. The van der Waals surface area contributed by atoms with Crippen molar-refractivity contribution < 1.29 is 13.9 Å². The first-order chi connectivity index (χ1) is 8.58. The second kappa shape index (κ2) is 5.39. The summed E-state index contributed by atoms with van der Waals surface area (Å²) in [4.78, 5) is 24.7. The Morgan fingerprint density at radius 1 is 1.56 bits per heavy atom. The van der Waals surface area contributed by atoms with Gasteiger partial charge in [-0.25, -0.2) is 4.79 Å². The van der Waals surface area contributed by atoms with Crippen LogP contribution in [0, 0.1) is 0 Å². The van der Waals surface area contributed by atoms with Crippen LogP contribution in [0.3, 0.4) is 0 Å². The van der Waals surface area contributed by atoms with Crippen molar-refractivity contribution in [3.8, 4) is 0 Å². The topological polar surface area (TPSA) is 72.3 Å². The molecule has 0 fully saturated rings. The summed E-state index contributed by atoms with van der Waals surface area (Å²) >= 11 is 3.42. The highest BCUT2D eigenvalue weighted by Gasteiger charge is 2.12. The molecule has 96 valence electrons. The Morgan fingerprint density at radius 2 is 2.33 bits per heavy atom. The minimum absolute atomic E-state index is 0.00642. The monoisotopic (exact) mass is 313 g/mol. The summed E-state index contributed by atoms with van der Waals surface area (Å²) in [5.41, 5.74) is 2.18. The number of hydrogen-bond acceptors (Lipinski definition) is 4.